The first-order valence-corrected chi connectivity index (χ1v) is 5.19. The Balaban J connectivity index is 1.82. The summed E-state index contributed by atoms with van der Waals surface area (Å²) in [5, 5.41) is 3.14. The highest BCUT2D eigenvalue weighted by Gasteiger charge is 1.95. The minimum Gasteiger partial charge on any atom is -0.354 e. The topological polar surface area (TPSA) is 50.7 Å². The summed E-state index contributed by atoms with van der Waals surface area (Å²) >= 11 is 0. The van der Waals surface area contributed by atoms with Crippen molar-refractivity contribution in [1.82, 2.24) is 15.0 Å². The second kappa shape index (κ2) is 5.21. The van der Waals surface area contributed by atoms with Crippen LogP contribution in [-0.4, -0.2) is 21.5 Å². The van der Waals surface area contributed by atoms with E-state index < -0.39 is 0 Å². The average molecular weight is 213 g/mol. The lowest BCUT2D eigenvalue weighted by atomic mass is 10.2. The molecule has 0 fully saturated rings. The van der Waals surface area contributed by atoms with Gasteiger partial charge in [0.25, 0.3) is 0 Å². The fourth-order valence-corrected chi connectivity index (χ4v) is 1.31. The van der Waals surface area contributed by atoms with E-state index in [9.17, 15) is 0 Å². The van der Waals surface area contributed by atoms with Crippen molar-refractivity contribution in [1.29, 1.82) is 0 Å². The number of aromatic nitrogens is 3. The number of rotatable bonds is 4. The van der Waals surface area contributed by atoms with E-state index in [4.69, 9.17) is 0 Å². The van der Waals surface area contributed by atoms with Crippen LogP contribution in [0.25, 0.3) is 0 Å². The molecule has 0 spiro atoms. The number of pyridine rings is 1. The van der Waals surface area contributed by atoms with Crippen molar-refractivity contribution >= 4 is 5.95 Å². The van der Waals surface area contributed by atoms with Crippen molar-refractivity contribution in [3.05, 3.63) is 48.0 Å². The van der Waals surface area contributed by atoms with Crippen molar-refractivity contribution in [2.75, 3.05) is 11.9 Å². The monoisotopic (exact) mass is 213 g/mol. The molecular formula is C12H13N4. The van der Waals surface area contributed by atoms with E-state index in [0.717, 1.165) is 18.5 Å². The van der Waals surface area contributed by atoms with Crippen molar-refractivity contribution in [2.24, 2.45) is 0 Å². The molecule has 0 saturated heterocycles. The van der Waals surface area contributed by atoms with Gasteiger partial charge < -0.3 is 5.32 Å². The van der Waals surface area contributed by atoms with Gasteiger partial charge in [-0.05, 0) is 30.5 Å². The van der Waals surface area contributed by atoms with Crippen LogP contribution in [0.15, 0.2) is 30.7 Å². The van der Waals surface area contributed by atoms with Crippen LogP contribution in [0.4, 0.5) is 5.95 Å². The van der Waals surface area contributed by atoms with Crippen LogP contribution in [-0.2, 0) is 6.42 Å². The van der Waals surface area contributed by atoms with Gasteiger partial charge in [-0.15, -0.1) is 0 Å². The molecule has 0 saturated carbocycles. The van der Waals surface area contributed by atoms with Gasteiger partial charge in [0.1, 0.15) is 0 Å². The summed E-state index contributed by atoms with van der Waals surface area (Å²) in [5.74, 6) is 0.620. The van der Waals surface area contributed by atoms with Gasteiger partial charge in [0.15, 0.2) is 0 Å². The van der Waals surface area contributed by atoms with Crippen molar-refractivity contribution in [3.8, 4) is 0 Å². The molecular weight excluding hydrogens is 200 g/mol. The molecule has 0 bridgehead atoms. The highest BCUT2D eigenvalue weighted by molar-refractivity contribution is 5.24. The van der Waals surface area contributed by atoms with Crippen LogP contribution in [0.2, 0.25) is 0 Å². The van der Waals surface area contributed by atoms with Gasteiger partial charge in [-0.25, -0.2) is 9.97 Å². The van der Waals surface area contributed by atoms with Crippen molar-refractivity contribution < 1.29 is 0 Å². The Morgan fingerprint density at radius 1 is 1.38 bits per heavy atom. The quantitative estimate of drug-likeness (QED) is 0.838. The Bertz CT molecular complexity index is 425. The van der Waals surface area contributed by atoms with Gasteiger partial charge in [0, 0.05) is 25.1 Å². The fraction of sp³-hybridized carbons (Fsp3) is 0.250. The molecule has 1 radical (unpaired) electrons. The highest BCUT2D eigenvalue weighted by atomic mass is 15.1. The molecule has 2 aromatic rings. The minimum absolute atomic E-state index is 0.620. The SMILES string of the molecule is Cc1[c]nc(NCCc2cccnc2)nc1. The third kappa shape index (κ3) is 3.02. The van der Waals surface area contributed by atoms with E-state index in [0.29, 0.717) is 5.95 Å². The summed E-state index contributed by atoms with van der Waals surface area (Å²) in [5.41, 5.74) is 2.14. The third-order valence-electron chi connectivity index (χ3n) is 2.14. The lowest BCUT2D eigenvalue weighted by molar-refractivity contribution is 0.969. The average Bonchev–Trinajstić information content (AvgIpc) is 2.33. The van der Waals surface area contributed by atoms with E-state index in [1.807, 2.05) is 19.2 Å². The molecule has 1 N–H and O–H groups in total. The fourth-order valence-electron chi connectivity index (χ4n) is 1.31. The minimum atomic E-state index is 0.620. The van der Waals surface area contributed by atoms with Gasteiger partial charge in [-0.2, -0.15) is 0 Å². The van der Waals surface area contributed by atoms with E-state index in [-0.39, 0.29) is 0 Å². The Hall–Kier alpha value is -1.97. The van der Waals surface area contributed by atoms with E-state index in [1.54, 1.807) is 12.4 Å². The standard InChI is InChI=1S/C12H13N4/c1-10-7-15-12(16-8-10)14-6-4-11-3-2-5-13-9-11/h2-3,5,7,9H,4,6H2,1H3,(H,14,15,16). The maximum Gasteiger partial charge on any atom is 0.223 e. The lowest BCUT2D eigenvalue weighted by Crippen LogP contribution is -2.07. The smallest absolute Gasteiger partial charge is 0.223 e. The number of nitrogens with zero attached hydrogens (tertiary/aromatic N) is 3. The van der Waals surface area contributed by atoms with E-state index in [1.165, 1.54) is 5.56 Å². The van der Waals surface area contributed by atoms with Gasteiger partial charge in [-0.3, -0.25) is 4.98 Å². The molecule has 0 aliphatic carbocycles. The molecule has 0 aliphatic heterocycles. The normalized spacial score (nSPS) is 10.1. The number of aryl methyl sites for hydroxylation is 1. The zero-order valence-corrected chi connectivity index (χ0v) is 9.14. The van der Waals surface area contributed by atoms with Gasteiger partial charge >= 0.3 is 0 Å². The second-order valence-corrected chi connectivity index (χ2v) is 3.53. The molecule has 81 valence electrons. The van der Waals surface area contributed by atoms with Gasteiger partial charge in [0.2, 0.25) is 5.95 Å². The predicted octanol–water partition coefficient (Wildman–Crippen LogP) is 1.63. The van der Waals surface area contributed by atoms with Crippen LogP contribution in [0.5, 0.6) is 0 Å². The Kier molecular flexibility index (Phi) is 3.43. The Morgan fingerprint density at radius 3 is 3.00 bits per heavy atom. The van der Waals surface area contributed by atoms with Crippen LogP contribution in [0.3, 0.4) is 0 Å². The van der Waals surface area contributed by atoms with E-state index in [2.05, 4.69) is 32.5 Å². The number of nitrogens with one attached hydrogen (secondary N) is 1. The molecule has 2 rings (SSSR count). The molecule has 4 heteroatoms. The molecule has 2 aromatic heterocycles. The summed E-state index contributed by atoms with van der Waals surface area (Å²) in [6, 6.07) is 3.99. The molecule has 0 amide bonds. The zero-order valence-electron chi connectivity index (χ0n) is 9.14. The summed E-state index contributed by atoms with van der Waals surface area (Å²) in [6.45, 7) is 2.71. The summed E-state index contributed by atoms with van der Waals surface area (Å²) in [4.78, 5) is 12.2. The summed E-state index contributed by atoms with van der Waals surface area (Å²) < 4.78 is 0. The van der Waals surface area contributed by atoms with Crippen molar-refractivity contribution in [3.63, 3.8) is 0 Å². The lowest BCUT2D eigenvalue weighted by Gasteiger charge is -2.03. The molecule has 16 heavy (non-hydrogen) atoms. The van der Waals surface area contributed by atoms with Crippen molar-refractivity contribution in [2.45, 2.75) is 13.3 Å². The maximum absolute atomic E-state index is 4.14. The maximum atomic E-state index is 4.14. The summed E-state index contributed by atoms with van der Waals surface area (Å²) in [7, 11) is 0. The van der Waals surface area contributed by atoms with Gasteiger partial charge in [-0.1, -0.05) is 6.07 Å². The number of anilines is 1. The molecule has 0 atom stereocenters. The van der Waals surface area contributed by atoms with Crippen LogP contribution < -0.4 is 5.32 Å². The first-order chi connectivity index (χ1) is 7.84. The predicted molar refractivity (Wildman–Crippen MR) is 62.0 cm³/mol. The third-order valence-corrected chi connectivity index (χ3v) is 2.14. The molecule has 2 heterocycles. The van der Waals surface area contributed by atoms with E-state index >= 15 is 0 Å². The summed E-state index contributed by atoms with van der Waals surface area (Å²) in [6.07, 6.45) is 9.16. The van der Waals surface area contributed by atoms with Crippen LogP contribution >= 0.6 is 0 Å². The number of hydrogen-bond donors (Lipinski definition) is 1. The Morgan fingerprint density at radius 2 is 2.31 bits per heavy atom. The molecule has 0 aromatic carbocycles. The molecule has 0 aliphatic rings. The van der Waals surface area contributed by atoms with Gasteiger partial charge in [0.05, 0.1) is 6.20 Å². The first-order valence-electron chi connectivity index (χ1n) is 5.19. The molecule has 0 unspecified atom stereocenters. The van der Waals surface area contributed by atoms with Crippen LogP contribution in [0.1, 0.15) is 11.1 Å². The largest absolute Gasteiger partial charge is 0.354 e. The van der Waals surface area contributed by atoms with Crippen LogP contribution in [0, 0.1) is 13.1 Å². The Labute approximate surface area is 94.8 Å². The first kappa shape index (κ1) is 10.5. The second-order valence-electron chi connectivity index (χ2n) is 3.53. The zero-order chi connectivity index (χ0) is 11.2. The molecule has 4 nitrogen and oxygen atoms in total. The number of hydrogen-bond acceptors (Lipinski definition) is 4. The highest BCUT2D eigenvalue weighted by Crippen LogP contribution is 2.00.